The fourth-order valence-corrected chi connectivity index (χ4v) is 4.77. The molecule has 1 aromatic heterocycles. The van der Waals surface area contributed by atoms with Gasteiger partial charge in [-0.2, -0.15) is 0 Å². The minimum Gasteiger partial charge on any atom is -0.399 e. The van der Waals surface area contributed by atoms with Gasteiger partial charge in [-0.25, -0.2) is 0 Å². The third kappa shape index (κ3) is 3.36. The summed E-state index contributed by atoms with van der Waals surface area (Å²) in [5.74, 6) is 0.331. The number of piperidine rings is 2. The fraction of sp³-hybridized carbons (Fsp3) is 0.714. The summed E-state index contributed by atoms with van der Waals surface area (Å²) >= 11 is 0. The van der Waals surface area contributed by atoms with Gasteiger partial charge >= 0.3 is 7.12 Å². The van der Waals surface area contributed by atoms with Crippen molar-refractivity contribution in [2.24, 2.45) is 5.92 Å². The van der Waals surface area contributed by atoms with Crippen molar-refractivity contribution in [1.29, 1.82) is 0 Å². The number of aromatic nitrogens is 1. The van der Waals surface area contributed by atoms with Crippen LogP contribution in [0, 0.1) is 5.92 Å². The van der Waals surface area contributed by atoms with Crippen LogP contribution in [0.15, 0.2) is 18.5 Å². The lowest BCUT2D eigenvalue weighted by Crippen LogP contribution is -2.51. The van der Waals surface area contributed by atoms with Crippen molar-refractivity contribution in [3.05, 3.63) is 24.0 Å². The summed E-state index contributed by atoms with van der Waals surface area (Å²) in [5, 5.41) is 0. The molecular weight excluding hydrogens is 339 g/mol. The average Bonchev–Trinajstić information content (AvgIpc) is 2.82. The highest BCUT2D eigenvalue weighted by Crippen LogP contribution is 2.38. The van der Waals surface area contributed by atoms with E-state index in [1.54, 1.807) is 12.4 Å². The van der Waals surface area contributed by atoms with Crippen molar-refractivity contribution < 1.29 is 14.1 Å². The van der Waals surface area contributed by atoms with Crippen molar-refractivity contribution >= 4 is 18.4 Å². The third-order valence-electron chi connectivity index (χ3n) is 7.28. The maximum absolute atomic E-state index is 13.2. The van der Waals surface area contributed by atoms with Crippen LogP contribution in [0.2, 0.25) is 0 Å². The smallest absolute Gasteiger partial charge is 0.399 e. The molecule has 0 aromatic carbocycles. The molecule has 27 heavy (non-hydrogen) atoms. The number of carbonyl (C=O) groups excluding carboxylic acids is 1. The predicted molar refractivity (Wildman–Crippen MR) is 106 cm³/mol. The van der Waals surface area contributed by atoms with Crippen LogP contribution in [0.1, 0.15) is 70.2 Å². The Hall–Kier alpha value is -1.24. The van der Waals surface area contributed by atoms with Gasteiger partial charge in [-0.05, 0) is 66.5 Å². The topological polar surface area (TPSA) is 51.7 Å². The maximum atomic E-state index is 13.2. The molecular formula is C21H31BN2O3. The summed E-state index contributed by atoms with van der Waals surface area (Å²) in [6, 6.07) is 3.02. The Labute approximate surface area is 163 Å². The van der Waals surface area contributed by atoms with Gasteiger partial charge in [0.05, 0.1) is 11.2 Å². The van der Waals surface area contributed by atoms with Crippen LogP contribution >= 0.6 is 0 Å². The SMILES string of the molecule is CN1C2CCCC1CC(C(=O)c1cncc(B3OC(C)(C)C(C)(C)O3)c1)C2. The zero-order chi connectivity index (χ0) is 19.4. The first kappa shape index (κ1) is 19.1. The number of Topliss-reactive ketones (excluding diaryl/α,β-unsaturated/α-hetero) is 1. The van der Waals surface area contributed by atoms with Gasteiger partial charge < -0.3 is 14.2 Å². The van der Waals surface area contributed by atoms with Gasteiger partial charge in [-0.1, -0.05) is 6.42 Å². The van der Waals surface area contributed by atoms with Gasteiger partial charge in [0.25, 0.3) is 0 Å². The number of fused-ring (bicyclic) bond motifs is 2. The van der Waals surface area contributed by atoms with E-state index in [9.17, 15) is 4.79 Å². The zero-order valence-corrected chi connectivity index (χ0v) is 17.2. The van der Waals surface area contributed by atoms with Crippen LogP contribution in [0.4, 0.5) is 0 Å². The van der Waals surface area contributed by atoms with E-state index in [1.165, 1.54) is 19.3 Å². The standard InChI is InChI=1S/C21H31BN2O3/c1-20(2)21(3,4)27-22(26-20)16-9-15(12-23-13-16)19(25)14-10-17-7-6-8-18(11-14)24(17)5/h9,12-14,17-18H,6-8,10-11H2,1-5H3. The second-order valence-corrected chi connectivity index (χ2v) is 9.53. The lowest BCUT2D eigenvalue weighted by Gasteiger charge is -2.46. The summed E-state index contributed by atoms with van der Waals surface area (Å²) in [6.07, 6.45) is 9.10. The molecule has 4 heterocycles. The van der Waals surface area contributed by atoms with E-state index in [0.29, 0.717) is 17.6 Å². The van der Waals surface area contributed by atoms with E-state index >= 15 is 0 Å². The summed E-state index contributed by atoms with van der Waals surface area (Å²) in [6.45, 7) is 8.14. The van der Waals surface area contributed by atoms with Gasteiger partial charge in [0.15, 0.2) is 5.78 Å². The fourth-order valence-electron chi connectivity index (χ4n) is 4.77. The summed E-state index contributed by atoms with van der Waals surface area (Å²) in [4.78, 5) is 20.0. The Kier molecular flexibility index (Phi) is 4.72. The van der Waals surface area contributed by atoms with Gasteiger partial charge in [0.2, 0.25) is 0 Å². The molecule has 2 unspecified atom stereocenters. The van der Waals surface area contributed by atoms with E-state index in [1.807, 2.05) is 33.8 Å². The van der Waals surface area contributed by atoms with Crippen molar-refractivity contribution in [2.45, 2.75) is 83.1 Å². The molecule has 146 valence electrons. The first-order valence-electron chi connectivity index (χ1n) is 10.2. The van der Waals surface area contributed by atoms with E-state index in [2.05, 4.69) is 16.9 Å². The maximum Gasteiger partial charge on any atom is 0.496 e. The molecule has 0 spiro atoms. The summed E-state index contributed by atoms with van der Waals surface area (Å²) < 4.78 is 12.2. The Balaban J connectivity index is 1.52. The van der Waals surface area contributed by atoms with Crippen LogP contribution in [0.3, 0.4) is 0 Å². The lowest BCUT2D eigenvalue weighted by atomic mass is 9.75. The molecule has 3 aliphatic heterocycles. The molecule has 2 atom stereocenters. The molecule has 4 rings (SSSR count). The van der Waals surface area contributed by atoms with Crippen LogP contribution in [-0.2, 0) is 9.31 Å². The Morgan fingerprint density at radius 3 is 2.30 bits per heavy atom. The Morgan fingerprint density at radius 2 is 1.70 bits per heavy atom. The molecule has 1 aromatic rings. The highest BCUT2D eigenvalue weighted by Gasteiger charge is 2.52. The van der Waals surface area contributed by atoms with Crippen LogP contribution < -0.4 is 5.46 Å². The van der Waals surface area contributed by atoms with E-state index in [0.717, 1.165) is 18.3 Å². The monoisotopic (exact) mass is 370 g/mol. The van der Waals surface area contributed by atoms with Crippen LogP contribution in [0.5, 0.6) is 0 Å². The minimum atomic E-state index is -0.480. The number of hydrogen-bond acceptors (Lipinski definition) is 5. The Bertz CT molecular complexity index is 706. The molecule has 2 bridgehead atoms. The molecule has 0 N–H and O–H groups in total. The van der Waals surface area contributed by atoms with Crippen molar-refractivity contribution in [1.82, 2.24) is 9.88 Å². The molecule has 3 aliphatic rings. The summed E-state index contributed by atoms with van der Waals surface area (Å²) in [7, 11) is 1.74. The number of carbonyl (C=O) groups is 1. The summed E-state index contributed by atoms with van der Waals surface area (Å²) in [5.41, 5.74) is 0.717. The molecule has 5 nitrogen and oxygen atoms in total. The van der Waals surface area contributed by atoms with Gasteiger partial charge in [-0.15, -0.1) is 0 Å². The minimum absolute atomic E-state index is 0.104. The van der Waals surface area contributed by atoms with Crippen molar-refractivity contribution in [3.8, 4) is 0 Å². The second kappa shape index (κ2) is 6.68. The largest absolute Gasteiger partial charge is 0.496 e. The first-order valence-corrected chi connectivity index (χ1v) is 10.2. The predicted octanol–water partition coefficient (Wildman–Crippen LogP) is 2.83. The van der Waals surface area contributed by atoms with Crippen molar-refractivity contribution in [3.63, 3.8) is 0 Å². The molecule has 0 saturated carbocycles. The van der Waals surface area contributed by atoms with Crippen LogP contribution in [-0.4, -0.2) is 53.1 Å². The number of nitrogens with zero attached hydrogens (tertiary/aromatic N) is 2. The number of ketones is 1. The zero-order valence-electron chi connectivity index (χ0n) is 17.2. The molecule has 6 heteroatoms. The highest BCUT2D eigenvalue weighted by atomic mass is 16.7. The van der Waals surface area contributed by atoms with E-state index in [4.69, 9.17) is 9.31 Å². The Morgan fingerprint density at radius 1 is 1.11 bits per heavy atom. The van der Waals surface area contributed by atoms with Gasteiger partial charge in [0.1, 0.15) is 0 Å². The third-order valence-corrected chi connectivity index (χ3v) is 7.28. The van der Waals surface area contributed by atoms with Gasteiger partial charge in [-0.3, -0.25) is 9.78 Å². The second-order valence-electron chi connectivity index (χ2n) is 9.53. The van der Waals surface area contributed by atoms with E-state index in [-0.39, 0.29) is 11.7 Å². The highest BCUT2D eigenvalue weighted by molar-refractivity contribution is 6.62. The number of rotatable bonds is 3. The molecule has 3 fully saturated rings. The normalized spacial score (nSPS) is 32.5. The molecule has 0 aliphatic carbocycles. The van der Waals surface area contributed by atoms with Crippen molar-refractivity contribution in [2.75, 3.05) is 7.05 Å². The molecule has 3 saturated heterocycles. The average molecular weight is 370 g/mol. The van der Waals surface area contributed by atoms with Gasteiger partial charge in [0, 0.05) is 41.4 Å². The van der Waals surface area contributed by atoms with E-state index < -0.39 is 18.3 Å². The van der Waals surface area contributed by atoms with Crippen LogP contribution in [0.25, 0.3) is 0 Å². The molecule has 0 amide bonds. The number of pyridine rings is 1. The molecule has 0 radical (unpaired) electrons. The first-order chi connectivity index (χ1) is 12.7. The lowest BCUT2D eigenvalue weighted by molar-refractivity contribution is 0.00578. The number of hydrogen-bond donors (Lipinski definition) is 0. The quantitative estimate of drug-likeness (QED) is 0.605.